The first kappa shape index (κ1) is 29.9. The molecule has 1 rings (SSSR count). The van der Waals surface area contributed by atoms with Crippen molar-refractivity contribution >= 4 is 23.7 Å². The third-order valence-electron chi connectivity index (χ3n) is 6.05. The van der Waals surface area contributed by atoms with Gasteiger partial charge in [-0.25, -0.2) is 4.79 Å². The second-order valence-corrected chi connectivity index (χ2v) is 9.64. The number of carbonyl (C=O) groups is 4. The Morgan fingerprint density at radius 3 is 1.83 bits per heavy atom. The van der Waals surface area contributed by atoms with Crippen molar-refractivity contribution in [1.29, 1.82) is 0 Å². The summed E-state index contributed by atoms with van der Waals surface area (Å²) in [5.41, 5.74) is 6.63. The first-order valence-electron chi connectivity index (χ1n) is 12.0. The molecule has 5 atom stereocenters. The van der Waals surface area contributed by atoms with Crippen LogP contribution in [0.1, 0.15) is 53.5 Å². The number of phenolic OH excluding ortho intramolecular Hbond substituents is 1. The molecule has 10 heteroatoms. The monoisotopic (exact) mass is 492 g/mol. The summed E-state index contributed by atoms with van der Waals surface area (Å²) in [7, 11) is 0. The number of aromatic hydroxyl groups is 1. The molecule has 3 amide bonds. The van der Waals surface area contributed by atoms with Crippen LogP contribution in [0.3, 0.4) is 0 Å². The molecule has 10 nitrogen and oxygen atoms in total. The van der Waals surface area contributed by atoms with E-state index < -0.39 is 47.9 Å². The van der Waals surface area contributed by atoms with Crippen molar-refractivity contribution in [2.45, 2.75) is 78.6 Å². The highest BCUT2D eigenvalue weighted by Gasteiger charge is 2.33. The van der Waals surface area contributed by atoms with Gasteiger partial charge in [-0.1, -0.05) is 60.1 Å². The molecule has 5 unspecified atom stereocenters. The molecule has 0 saturated heterocycles. The van der Waals surface area contributed by atoms with Crippen molar-refractivity contribution in [2.75, 3.05) is 0 Å². The van der Waals surface area contributed by atoms with Gasteiger partial charge in [0, 0.05) is 6.42 Å². The number of phenols is 1. The topological polar surface area (TPSA) is 171 Å². The molecule has 7 N–H and O–H groups in total. The van der Waals surface area contributed by atoms with Crippen molar-refractivity contribution < 1.29 is 29.4 Å². The first-order valence-corrected chi connectivity index (χ1v) is 12.0. The number of nitrogens with two attached hydrogens (primary N) is 1. The maximum Gasteiger partial charge on any atom is 0.326 e. The lowest BCUT2D eigenvalue weighted by atomic mass is 9.95. The van der Waals surface area contributed by atoms with Gasteiger partial charge in [0.15, 0.2) is 0 Å². The lowest BCUT2D eigenvalue weighted by molar-refractivity contribution is -0.144. The van der Waals surface area contributed by atoms with E-state index in [1.807, 2.05) is 6.92 Å². The van der Waals surface area contributed by atoms with E-state index in [9.17, 15) is 29.4 Å². The number of rotatable bonds is 13. The van der Waals surface area contributed by atoms with Gasteiger partial charge in [0.1, 0.15) is 23.9 Å². The number of aliphatic carboxylic acids is 1. The third kappa shape index (κ3) is 9.20. The van der Waals surface area contributed by atoms with Crippen molar-refractivity contribution in [1.82, 2.24) is 16.0 Å². The predicted molar refractivity (Wildman–Crippen MR) is 132 cm³/mol. The fourth-order valence-corrected chi connectivity index (χ4v) is 3.36. The number of carboxylic acid groups (broad SMARTS) is 1. The van der Waals surface area contributed by atoms with Gasteiger partial charge in [0.2, 0.25) is 17.7 Å². The van der Waals surface area contributed by atoms with E-state index in [0.717, 1.165) is 0 Å². The second-order valence-electron chi connectivity index (χ2n) is 9.64. The van der Waals surface area contributed by atoms with Gasteiger partial charge in [0.05, 0.1) is 6.04 Å². The highest BCUT2D eigenvalue weighted by molar-refractivity contribution is 5.94. The van der Waals surface area contributed by atoms with Crippen LogP contribution in [-0.2, 0) is 25.6 Å². The molecule has 0 aliphatic carbocycles. The molecule has 0 bridgehead atoms. The number of hydrogen-bond donors (Lipinski definition) is 6. The van der Waals surface area contributed by atoms with Crippen LogP contribution in [0.4, 0.5) is 0 Å². The normalized spacial score (nSPS) is 15.6. The van der Waals surface area contributed by atoms with Gasteiger partial charge >= 0.3 is 5.97 Å². The summed E-state index contributed by atoms with van der Waals surface area (Å²) in [6, 6.07) is 2.21. The van der Waals surface area contributed by atoms with Gasteiger partial charge < -0.3 is 31.9 Å². The quantitative estimate of drug-likeness (QED) is 0.240. The van der Waals surface area contributed by atoms with Crippen LogP contribution in [0.15, 0.2) is 24.3 Å². The van der Waals surface area contributed by atoms with Crippen molar-refractivity contribution in [2.24, 2.45) is 23.5 Å². The fourth-order valence-electron chi connectivity index (χ4n) is 3.36. The van der Waals surface area contributed by atoms with E-state index in [1.54, 1.807) is 46.8 Å². The molecule has 0 aromatic heterocycles. The Kier molecular flexibility index (Phi) is 11.7. The van der Waals surface area contributed by atoms with Crippen LogP contribution < -0.4 is 21.7 Å². The summed E-state index contributed by atoms with van der Waals surface area (Å²) < 4.78 is 0. The van der Waals surface area contributed by atoms with E-state index in [1.165, 1.54) is 12.1 Å². The number of hydrogen-bond acceptors (Lipinski definition) is 6. The Labute approximate surface area is 207 Å². The number of carboxylic acids is 1. The SMILES string of the molecule is CCC(C)C(NC(=O)C(Cc1ccc(O)cc1)NC(=O)C(N)C(C)C)C(=O)NC(C(=O)O)C(C)C. The van der Waals surface area contributed by atoms with Gasteiger partial charge in [-0.05, 0) is 35.4 Å². The van der Waals surface area contributed by atoms with Crippen LogP contribution in [-0.4, -0.2) is 58.1 Å². The van der Waals surface area contributed by atoms with Crippen molar-refractivity contribution in [3.05, 3.63) is 29.8 Å². The molecule has 35 heavy (non-hydrogen) atoms. The van der Waals surface area contributed by atoms with Gasteiger partial charge in [-0.3, -0.25) is 14.4 Å². The fraction of sp³-hybridized carbons (Fsp3) is 0.600. The molecule has 0 saturated carbocycles. The zero-order chi connectivity index (χ0) is 26.9. The van der Waals surface area contributed by atoms with Crippen molar-refractivity contribution in [3.63, 3.8) is 0 Å². The average molecular weight is 493 g/mol. The summed E-state index contributed by atoms with van der Waals surface area (Å²) in [5.74, 6) is -3.63. The molecular weight excluding hydrogens is 452 g/mol. The largest absolute Gasteiger partial charge is 0.508 e. The molecule has 0 fully saturated rings. The minimum absolute atomic E-state index is 0.0623. The molecule has 196 valence electrons. The zero-order valence-corrected chi connectivity index (χ0v) is 21.4. The summed E-state index contributed by atoms with van der Waals surface area (Å²) in [6.07, 6.45) is 0.645. The molecule has 0 spiro atoms. The van der Waals surface area contributed by atoms with Gasteiger partial charge in [-0.15, -0.1) is 0 Å². The third-order valence-corrected chi connectivity index (χ3v) is 6.05. The van der Waals surface area contributed by atoms with Crippen LogP contribution in [0, 0.1) is 17.8 Å². The van der Waals surface area contributed by atoms with Crippen LogP contribution in [0.25, 0.3) is 0 Å². The molecule has 0 heterocycles. The Morgan fingerprint density at radius 1 is 0.829 bits per heavy atom. The molecule has 0 radical (unpaired) electrons. The zero-order valence-electron chi connectivity index (χ0n) is 21.4. The number of nitrogens with one attached hydrogen (secondary N) is 3. The minimum atomic E-state index is -1.16. The van der Waals surface area contributed by atoms with Crippen LogP contribution >= 0.6 is 0 Å². The number of benzene rings is 1. The smallest absolute Gasteiger partial charge is 0.326 e. The molecular formula is C25H40N4O6. The van der Waals surface area contributed by atoms with E-state index in [4.69, 9.17) is 5.73 Å². The van der Waals surface area contributed by atoms with E-state index >= 15 is 0 Å². The maximum absolute atomic E-state index is 13.3. The van der Waals surface area contributed by atoms with Gasteiger partial charge in [-0.2, -0.15) is 0 Å². The maximum atomic E-state index is 13.3. The van der Waals surface area contributed by atoms with E-state index in [-0.39, 0.29) is 29.9 Å². The molecule has 0 aliphatic rings. The lowest BCUT2D eigenvalue weighted by Gasteiger charge is -2.29. The second kappa shape index (κ2) is 13.7. The Hall–Kier alpha value is -3.14. The average Bonchev–Trinajstić information content (AvgIpc) is 2.79. The first-order chi connectivity index (χ1) is 16.3. The molecule has 0 aliphatic heterocycles. The Morgan fingerprint density at radius 2 is 1.37 bits per heavy atom. The van der Waals surface area contributed by atoms with Gasteiger partial charge in [0.25, 0.3) is 0 Å². The standard InChI is InChI=1S/C25H40N4O6/c1-7-15(6)21(24(33)28-20(14(4)5)25(34)35)29-22(31)18(27-23(32)19(26)13(2)3)12-16-8-10-17(30)11-9-16/h8-11,13-15,18-21,30H,7,12,26H2,1-6H3,(H,27,32)(H,28,33)(H,29,31)(H,34,35). The van der Waals surface area contributed by atoms with Crippen LogP contribution in [0.5, 0.6) is 5.75 Å². The number of amides is 3. The summed E-state index contributed by atoms with van der Waals surface area (Å²) in [5, 5.41) is 26.9. The van der Waals surface area contributed by atoms with Crippen molar-refractivity contribution in [3.8, 4) is 5.75 Å². The minimum Gasteiger partial charge on any atom is -0.508 e. The molecule has 1 aromatic carbocycles. The summed E-state index contributed by atoms with van der Waals surface area (Å²) in [6.45, 7) is 10.6. The number of carbonyl (C=O) groups excluding carboxylic acids is 3. The molecule has 1 aromatic rings. The van der Waals surface area contributed by atoms with E-state index in [0.29, 0.717) is 12.0 Å². The highest BCUT2D eigenvalue weighted by atomic mass is 16.4. The predicted octanol–water partition coefficient (Wildman–Crippen LogP) is 1.16. The highest BCUT2D eigenvalue weighted by Crippen LogP contribution is 2.14. The van der Waals surface area contributed by atoms with Crippen LogP contribution in [0.2, 0.25) is 0 Å². The Bertz CT molecular complexity index is 871. The lowest BCUT2D eigenvalue weighted by Crippen LogP contribution is -2.59. The Balaban J connectivity index is 3.17. The summed E-state index contributed by atoms with van der Waals surface area (Å²) >= 11 is 0. The van der Waals surface area contributed by atoms with E-state index in [2.05, 4.69) is 16.0 Å². The summed E-state index contributed by atoms with van der Waals surface area (Å²) in [4.78, 5) is 50.5.